The third-order valence-corrected chi connectivity index (χ3v) is 1.72. The quantitative estimate of drug-likeness (QED) is 0.635. The number of hydrogen-bond donors (Lipinski definition) is 1. The van der Waals surface area contributed by atoms with Gasteiger partial charge in [-0.3, -0.25) is 4.79 Å². The number of nitrogens with zero attached hydrogens (tertiary/aromatic N) is 1. The minimum Gasteiger partial charge on any atom is -0.391 e. The van der Waals surface area contributed by atoms with Crippen LogP contribution in [0.5, 0.6) is 0 Å². The van der Waals surface area contributed by atoms with E-state index in [9.17, 15) is 4.79 Å². The summed E-state index contributed by atoms with van der Waals surface area (Å²) in [4.78, 5) is 13.1. The van der Waals surface area contributed by atoms with Crippen LogP contribution < -0.4 is 0 Å². The van der Waals surface area contributed by atoms with Crippen molar-refractivity contribution >= 4 is 5.91 Å². The second-order valence-corrected chi connectivity index (χ2v) is 2.95. The lowest BCUT2D eigenvalue weighted by molar-refractivity contribution is -0.128. The molecule has 0 saturated carbocycles. The van der Waals surface area contributed by atoms with Gasteiger partial charge in [-0.2, -0.15) is 0 Å². The molecule has 0 aromatic rings. The highest BCUT2D eigenvalue weighted by atomic mass is 16.3. The highest BCUT2D eigenvalue weighted by Crippen LogP contribution is 2.03. The summed E-state index contributed by atoms with van der Waals surface area (Å²) in [7, 11) is 0. The molecule has 0 aliphatic heterocycles. The zero-order valence-corrected chi connectivity index (χ0v) is 8.00. The molecule has 0 spiro atoms. The number of aliphatic hydroxyl groups excluding tert-OH is 1. The van der Waals surface area contributed by atoms with Gasteiger partial charge in [-0.15, -0.1) is 0 Å². The van der Waals surface area contributed by atoms with Crippen LogP contribution in [0.15, 0.2) is 12.2 Å². The monoisotopic (exact) mass is 171 g/mol. The molecule has 0 bridgehead atoms. The van der Waals surface area contributed by atoms with Crippen molar-refractivity contribution in [2.75, 3.05) is 13.2 Å². The molecule has 1 N–H and O–H groups in total. The molecule has 12 heavy (non-hydrogen) atoms. The van der Waals surface area contributed by atoms with Crippen molar-refractivity contribution in [3.05, 3.63) is 12.2 Å². The van der Waals surface area contributed by atoms with Crippen LogP contribution in [0.2, 0.25) is 0 Å². The molecule has 1 amide bonds. The van der Waals surface area contributed by atoms with Crippen molar-refractivity contribution < 1.29 is 9.90 Å². The van der Waals surface area contributed by atoms with E-state index in [1.165, 1.54) is 0 Å². The Morgan fingerprint density at radius 2 is 2.08 bits per heavy atom. The second-order valence-electron chi connectivity index (χ2n) is 2.95. The van der Waals surface area contributed by atoms with E-state index in [2.05, 4.69) is 6.58 Å². The first-order chi connectivity index (χ1) is 5.54. The molecule has 0 aliphatic rings. The molecule has 0 fully saturated rings. The molecule has 0 heterocycles. The summed E-state index contributed by atoms with van der Waals surface area (Å²) in [5.41, 5.74) is 0.255. The smallest absolute Gasteiger partial charge is 0.251 e. The SMILES string of the molecule is C=C(CO)C(=O)N(CC)C(C)C. The van der Waals surface area contributed by atoms with E-state index in [1.807, 2.05) is 20.8 Å². The van der Waals surface area contributed by atoms with Gasteiger partial charge in [-0.1, -0.05) is 6.58 Å². The summed E-state index contributed by atoms with van der Waals surface area (Å²) in [5, 5.41) is 8.68. The lowest BCUT2D eigenvalue weighted by Crippen LogP contribution is -2.38. The van der Waals surface area contributed by atoms with Crippen molar-refractivity contribution in [3.8, 4) is 0 Å². The molecule has 0 aromatic carbocycles. The average Bonchev–Trinajstić information content (AvgIpc) is 2.03. The molecule has 0 unspecified atom stereocenters. The lowest BCUT2D eigenvalue weighted by atomic mass is 10.2. The first-order valence-corrected chi connectivity index (χ1v) is 4.14. The van der Waals surface area contributed by atoms with E-state index >= 15 is 0 Å². The van der Waals surface area contributed by atoms with E-state index in [4.69, 9.17) is 5.11 Å². The van der Waals surface area contributed by atoms with Crippen molar-refractivity contribution in [2.24, 2.45) is 0 Å². The summed E-state index contributed by atoms with van der Waals surface area (Å²) in [6, 6.07) is 0.158. The van der Waals surface area contributed by atoms with Crippen LogP contribution in [0.4, 0.5) is 0 Å². The topological polar surface area (TPSA) is 40.5 Å². The molecule has 0 aliphatic carbocycles. The van der Waals surface area contributed by atoms with Crippen molar-refractivity contribution in [1.29, 1.82) is 0 Å². The molecular formula is C9H17NO2. The Kier molecular flexibility index (Phi) is 4.59. The lowest BCUT2D eigenvalue weighted by Gasteiger charge is -2.25. The molecule has 3 heteroatoms. The van der Waals surface area contributed by atoms with Crippen molar-refractivity contribution in [2.45, 2.75) is 26.8 Å². The highest BCUT2D eigenvalue weighted by Gasteiger charge is 2.16. The Labute approximate surface area is 73.7 Å². The van der Waals surface area contributed by atoms with E-state index in [1.54, 1.807) is 4.90 Å². The number of amides is 1. The van der Waals surface area contributed by atoms with E-state index in [0.717, 1.165) is 0 Å². The highest BCUT2D eigenvalue weighted by molar-refractivity contribution is 5.93. The maximum Gasteiger partial charge on any atom is 0.251 e. The van der Waals surface area contributed by atoms with Gasteiger partial charge < -0.3 is 10.0 Å². The molecule has 0 atom stereocenters. The van der Waals surface area contributed by atoms with Crippen LogP contribution in [0.25, 0.3) is 0 Å². The molecule has 0 radical (unpaired) electrons. The number of carbonyl (C=O) groups is 1. The van der Waals surface area contributed by atoms with Gasteiger partial charge in [0.05, 0.1) is 6.61 Å². The summed E-state index contributed by atoms with van der Waals surface area (Å²) in [6.45, 7) is 9.65. The average molecular weight is 171 g/mol. The Morgan fingerprint density at radius 3 is 2.33 bits per heavy atom. The Morgan fingerprint density at radius 1 is 1.58 bits per heavy atom. The Bertz CT molecular complexity index is 175. The molecule has 0 rings (SSSR count). The van der Waals surface area contributed by atoms with Crippen LogP contribution in [0.3, 0.4) is 0 Å². The van der Waals surface area contributed by atoms with E-state index in [-0.39, 0.29) is 24.1 Å². The fraction of sp³-hybridized carbons (Fsp3) is 0.667. The number of hydrogen-bond acceptors (Lipinski definition) is 2. The van der Waals surface area contributed by atoms with Gasteiger partial charge in [-0.05, 0) is 20.8 Å². The van der Waals surface area contributed by atoms with Crippen LogP contribution in [0, 0.1) is 0 Å². The molecule has 70 valence electrons. The fourth-order valence-electron chi connectivity index (χ4n) is 1.01. The van der Waals surface area contributed by atoms with E-state index in [0.29, 0.717) is 6.54 Å². The third kappa shape index (κ3) is 2.66. The first-order valence-electron chi connectivity index (χ1n) is 4.14. The summed E-state index contributed by atoms with van der Waals surface area (Å²) < 4.78 is 0. The number of carbonyl (C=O) groups excluding carboxylic acids is 1. The van der Waals surface area contributed by atoms with E-state index < -0.39 is 0 Å². The number of rotatable bonds is 4. The van der Waals surface area contributed by atoms with Gasteiger partial charge in [0.25, 0.3) is 5.91 Å². The van der Waals surface area contributed by atoms with Gasteiger partial charge in [0.2, 0.25) is 0 Å². The molecule has 3 nitrogen and oxygen atoms in total. The zero-order valence-electron chi connectivity index (χ0n) is 8.00. The predicted molar refractivity (Wildman–Crippen MR) is 48.7 cm³/mol. The minimum absolute atomic E-state index is 0.157. The zero-order chi connectivity index (χ0) is 9.72. The maximum atomic E-state index is 11.4. The Hall–Kier alpha value is -0.830. The van der Waals surface area contributed by atoms with Crippen LogP contribution >= 0.6 is 0 Å². The maximum absolute atomic E-state index is 11.4. The second kappa shape index (κ2) is 4.93. The van der Waals surface area contributed by atoms with Crippen molar-refractivity contribution in [1.82, 2.24) is 4.90 Å². The summed E-state index contributed by atoms with van der Waals surface area (Å²) in [6.07, 6.45) is 0. The minimum atomic E-state index is -0.262. The van der Waals surface area contributed by atoms with Crippen LogP contribution in [0.1, 0.15) is 20.8 Å². The number of aliphatic hydroxyl groups is 1. The normalized spacial score (nSPS) is 10.1. The molecule has 0 aromatic heterocycles. The first kappa shape index (κ1) is 11.2. The third-order valence-electron chi connectivity index (χ3n) is 1.72. The largest absolute Gasteiger partial charge is 0.391 e. The molecule has 0 saturated heterocycles. The fourth-order valence-corrected chi connectivity index (χ4v) is 1.01. The predicted octanol–water partition coefficient (Wildman–Crippen LogP) is 0.792. The van der Waals surface area contributed by atoms with Crippen LogP contribution in [-0.2, 0) is 4.79 Å². The van der Waals surface area contributed by atoms with Gasteiger partial charge in [0.1, 0.15) is 0 Å². The standard InChI is InChI=1S/C9H17NO2/c1-5-10(7(2)3)9(12)8(4)6-11/h7,11H,4-6H2,1-3H3. The van der Waals surface area contributed by atoms with Gasteiger partial charge >= 0.3 is 0 Å². The summed E-state index contributed by atoms with van der Waals surface area (Å²) in [5.74, 6) is -0.157. The Balaban J connectivity index is 4.32. The van der Waals surface area contributed by atoms with Gasteiger partial charge in [0.15, 0.2) is 0 Å². The molecular weight excluding hydrogens is 154 g/mol. The van der Waals surface area contributed by atoms with Crippen molar-refractivity contribution in [3.63, 3.8) is 0 Å². The number of likely N-dealkylation sites (N-methyl/N-ethyl adjacent to an activating group) is 1. The van der Waals surface area contributed by atoms with Gasteiger partial charge in [-0.25, -0.2) is 0 Å². The van der Waals surface area contributed by atoms with Gasteiger partial charge in [0, 0.05) is 18.2 Å². The van der Waals surface area contributed by atoms with Crippen LogP contribution in [-0.4, -0.2) is 35.1 Å². The summed E-state index contributed by atoms with van der Waals surface area (Å²) >= 11 is 0.